The Labute approximate surface area is 118 Å². The van der Waals surface area contributed by atoms with Gasteiger partial charge in [0.1, 0.15) is 5.76 Å². The van der Waals surface area contributed by atoms with E-state index in [1.807, 2.05) is 0 Å². The summed E-state index contributed by atoms with van der Waals surface area (Å²) >= 11 is 5.23. The van der Waals surface area contributed by atoms with Crippen LogP contribution in [0.2, 0.25) is 0 Å². The van der Waals surface area contributed by atoms with Crippen LogP contribution in [-0.2, 0) is 4.74 Å². The second-order valence-electron chi connectivity index (χ2n) is 3.75. The molecule has 1 saturated heterocycles. The molecule has 3 amide bonds. The molecule has 1 aromatic rings. The quantitative estimate of drug-likeness (QED) is 0.365. The van der Waals surface area contributed by atoms with Crippen molar-refractivity contribution in [2.75, 3.05) is 20.2 Å². The van der Waals surface area contributed by atoms with Gasteiger partial charge in [-0.1, -0.05) is 0 Å². The smallest absolute Gasteiger partial charge is 0.373 e. The van der Waals surface area contributed by atoms with Gasteiger partial charge < -0.3 is 9.15 Å². The van der Waals surface area contributed by atoms with Crippen molar-refractivity contribution >= 4 is 35.2 Å². The molecule has 0 radical (unpaired) electrons. The van der Waals surface area contributed by atoms with Crippen molar-refractivity contribution in [1.29, 1.82) is 0 Å². The van der Waals surface area contributed by atoms with Crippen molar-refractivity contribution in [3.05, 3.63) is 23.7 Å². The summed E-state index contributed by atoms with van der Waals surface area (Å²) in [5.74, 6) is -0.311. The molecule has 2 rings (SSSR count). The van der Waals surface area contributed by atoms with Crippen LogP contribution in [0.5, 0.6) is 0 Å². The molecule has 106 valence electrons. The molecule has 8 nitrogen and oxygen atoms in total. The number of amides is 3. The van der Waals surface area contributed by atoms with Gasteiger partial charge in [0.25, 0.3) is 0 Å². The molecular formula is C11H10ClN3O5. The molecule has 0 aromatic carbocycles. The minimum atomic E-state index is -0.848. The molecule has 0 aliphatic carbocycles. The van der Waals surface area contributed by atoms with Gasteiger partial charge in [-0.25, -0.2) is 19.5 Å². The van der Waals surface area contributed by atoms with Crippen molar-refractivity contribution in [1.82, 2.24) is 9.91 Å². The van der Waals surface area contributed by atoms with Crippen LogP contribution in [0, 0.1) is 0 Å². The molecule has 0 N–H and O–H groups in total. The van der Waals surface area contributed by atoms with Crippen LogP contribution >= 0.6 is 11.6 Å². The number of imide groups is 1. The number of esters is 1. The summed E-state index contributed by atoms with van der Waals surface area (Å²) in [5, 5.41) is 4.09. The minimum absolute atomic E-state index is 0.0271. The molecule has 1 fully saturated rings. The van der Waals surface area contributed by atoms with E-state index >= 15 is 0 Å². The summed E-state index contributed by atoms with van der Waals surface area (Å²) < 4.78 is 9.62. The maximum Gasteiger partial charge on any atom is 0.373 e. The van der Waals surface area contributed by atoms with Gasteiger partial charge in [-0.15, -0.1) is 0 Å². The van der Waals surface area contributed by atoms with E-state index in [1.54, 1.807) is 0 Å². The molecule has 1 aliphatic heterocycles. The number of urea groups is 1. The van der Waals surface area contributed by atoms with E-state index in [-0.39, 0.29) is 24.6 Å². The number of halogens is 1. The van der Waals surface area contributed by atoms with Gasteiger partial charge >= 0.3 is 17.4 Å². The van der Waals surface area contributed by atoms with E-state index in [2.05, 4.69) is 9.84 Å². The van der Waals surface area contributed by atoms with Crippen LogP contribution in [0.25, 0.3) is 0 Å². The first-order valence-electron chi connectivity index (χ1n) is 5.53. The number of carbonyl (C=O) groups excluding carboxylic acids is 3. The van der Waals surface area contributed by atoms with Gasteiger partial charge in [-0.2, -0.15) is 5.10 Å². The van der Waals surface area contributed by atoms with Crippen LogP contribution in [0.1, 0.15) is 16.3 Å². The Morgan fingerprint density at radius 1 is 1.45 bits per heavy atom. The first-order chi connectivity index (χ1) is 9.52. The number of nitrogens with zero attached hydrogens (tertiary/aromatic N) is 3. The predicted molar refractivity (Wildman–Crippen MR) is 67.7 cm³/mol. The molecular weight excluding hydrogens is 290 g/mol. The Balaban J connectivity index is 2.03. The molecule has 1 aliphatic rings. The maximum absolute atomic E-state index is 11.7. The van der Waals surface area contributed by atoms with Gasteiger partial charge in [-0.3, -0.25) is 4.79 Å². The van der Waals surface area contributed by atoms with Gasteiger partial charge in [0.05, 0.1) is 26.4 Å². The normalized spacial score (nSPS) is 15.2. The number of hydrazone groups is 1. The third-order valence-corrected chi connectivity index (χ3v) is 2.74. The second kappa shape index (κ2) is 5.74. The summed E-state index contributed by atoms with van der Waals surface area (Å²) in [7, 11) is 1.24. The van der Waals surface area contributed by atoms with E-state index in [9.17, 15) is 14.4 Å². The zero-order chi connectivity index (χ0) is 14.7. The first kappa shape index (κ1) is 14.1. The summed E-state index contributed by atoms with van der Waals surface area (Å²) in [4.78, 5) is 34.6. The second-order valence-corrected chi connectivity index (χ2v) is 4.07. The average Bonchev–Trinajstić information content (AvgIpc) is 3.02. The highest BCUT2D eigenvalue weighted by molar-refractivity contribution is 6.64. The molecule has 0 spiro atoms. The molecule has 0 saturated carbocycles. The lowest BCUT2D eigenvalue weighted by atomic mass is 10.4. The summed E-state index contributed by atoms with van der Waals surface area (Å²) in [6.45, 7) is 0.405. The monoisotopic (exact) mass is 299 g/mol. The average molecular weight is 300 g/mol. The lowest BCUT2D eigenvalue weighted by molar-refractivity contribution is 0.0564. The number of furan rings is 1. The third-order valence-electron chi connectivity index (χ3n) is 2.54. The van der Waals surface area contributed by atoms with Crippen LogP contribution in [0.4, 0.5) is 9.59 Å². The third kappa shape index (κ3) is 2.80. The van der Waals surface area contributed by atoms with Gasteiger partial charge in [0.15, 0.2) is 0 Å². The molecule has 0 bridgehead atoms. The Kier molecular flexibility index (Phi) is 4.04. The van der Waals surface area contributed by atoms with E-state index < -0.39 is 17.4 Å². The number of ether oxygens (including phenoxy) is 1. The molecule has 0 atom stereocenters. The number of carbonyl (C=O) groups is 3. The van der Waals surface area contributed by atoms with Gasteiger partial charge in [0, 0.05) is 0 Å². The fraction of sp³-hybridized carbons (Fsp3) is 0.273. The van der Waals surface area contributed by atoms with E-state index in [4.69, 9.17) is 16.0 Å². The summed E-state index contributed by atoms with van der Waals surface area (Å²) in [5.41, 5.74) is 0. The molecule has 0 unspecified atom stereocenters. The Hall–Kier alpha value is -2.35. The lowest BCUT2D eigenvalue weighted by Gasteiger charge is -2.09. The summed E-state index contributed by atoms with van der Waals surface area (Å²) in [6, 6.07) is 2.31. The van der Waals surface area contributed by atoms with Crippen LogP contribution in [0.3, 0.4) is 0 Å². The van der Waals surface area contributed by atoms with Gasteiger partial charge in [-0.05, 0) is 23.7 Å². The van der Waals surface area contributed by atoms with Crippen molar-refractivity contribution in [2.24, 2.45) is 5.10 Å². The zero-order valence-corrected chi connectivity index (χ0v) is 11.2. The van der Waals surface area contributed by atoms with Crippen molar-refractivity contribution in [2.45, 2.75) is 0 Å². The number of methoxy groups -OCH3 is 1. The number of rotatable bonds is 3. The molecule has 20 heavy (non-hydrogen) atoms. The fourth-order valence-electron chi connectivity index (χ4n) is 1.55. The minimum Gasteiger partial charge on any atom is -0.463 e. The van der Waals surface area contributed by atoms with Gasteiger partial charge in [0.2, 0.25) is 5.76 Å². The Morgan fingerprint density at radius 3 is 2.80 bits per heavy atom. The summed E-state index contributed by atoms with van der Waals surface area (Å²) in [6.07, 6.45) is 1.26. The van der Waals surface area contributed by atoms with Crippen LogP contribution < -0.4 is 0 Å². The van der Waals surface area contributed by atoms with Crippen LogP contribution in [0.15, 0.2) is 21.7 Å². The van der Waals surface area contributed by atoms with Crippen LogP contribution in [-0.4, -0.2) is 53.7 Å². The number of hydrogen-bond donors (Lipinski definition) is 0. The predicted octanol–water partition coefficient (Wildman–Crippen LogP) is 1.50. The fourth-order valence-corrected chi connectivity index (χ4v) is 1.71. The molecule has 2 heterocycles. The molecule has 9 heteroatoms. The Bertz CT molecular complexity index is 582. The Morgan fingerprint density at radius 2 is 2.20 bits per heavy atom. The number of hydrogen-bond acceptors (Lipinski definition) is 6. The van der Waals surface area contributed by atoms with E-state index in [0.717, 1.165) is 9.91 Å². The highest BCUT2D eigenvalue weighted by Crippen LogP contribution is 2.12. The highest BCUT2D eigenvalue weighted by atomic mass is 35.5. The van der Waals surface area contributed by atoms with Crippen molar-refractivity contribution in [3.8, 4) is 0 Å². The first-order valence-corrected chi connectivity index (χ1v) is 5.91. The standard InChI is InChI=1S/C11H10ClN3O5/c1-19-9(16)8-3-2-7(20-8)6-13-15-5-4-14(10(12)17)11(15)18/h2-3,6H,4-5H2,1H3. The van der Waals surface area contributed by atoms with Crippen molar-refractivity contribution < 1.29 is 23.5 Å². The zero-order valence-electron chi connectivity index (χ0n) is 10.4. The van der Waals surface area contributed by atoms with Crippen molar-refractivity contribution in [3.63, 3.8) is 0 Å². The van der Waals surface area contributed by atoms with E-state index in [0.29, 0.717) is 0 Å². The maximum atomic E-state index is 11.7. The largest absolute Gasteiger partial charge is 0.463 e. The lowest BCUT2D eigenvalue weighted by Crippen LogP contribution is -2.30. The SMILES string of the molecule is COC(=O)c1ccc(C=NN2CCN(C(=O)Cl)C2=O)o1. The topological polar surface area (TPSA) is 92.4 Å². The highest BCUT2D eigenvalue weighted by Gasteiger charge is 2.32. The molecule has 1 aromatic heterocycles. The van der Waals surface area contributed by atoms with E-state index in [1.165, 1.54) is 25.5 Å².